The van der Waals surface area contributed by atoms with E-state index in [4.69, 9.17) is 4.74 Å². The maximum Gasteiger partial charge on any atom is 0.337 e. The fourth-order valence-corrected chi connectivity index (χ4v) is 4.40. The van der Waals surface area contributed by atoms with E-state index in [0.717, 1.165) is 21.4 Å². The van der Waals surface area contributed by atoms with Crippen LogP contribution in [0, 0.1) is 5.82 Å². The number of ether oxygens (including phenoxy) is 1. The molecule has 0 aliphatic carbocycles. The first-order valence-corrected chi connectivity index (χ1v) is 12.0. The maximum absolute atomic E-state index is 13.9. The van der Waals surface area contributed by atoms with Crippen LogP contribution in [0.3, 0.4) is 0 Å². The molecule has 4 amide bonds. The highest BCUT2D eigenvalue weighted by Crippen LogP contribution is 2.26. The van der Waals surface area contributed by atoms with Crippen molar-refractivity contribution < 1.29 is 28.3 Å². The van der Waals surface area contributed by atoms with E-state index in [1.807, 2.05) is 41.1 Å². The van der Waals surface area contributed by atoms with Crippen molar-refractivity contribution in [2.45, 2.75) is 6.54 Å². The van der Waals surface area contributed by atoms with Crippen LogP contribution in [0.4, 0.5) is 14.9 Å². The lowest BCUT2D eigenvalue weighted by atomic mass is 10.1. The largest absolute Gasteiger partial charge is 0.465 e. The maximum atomic E-state index is 13.9. The van der Waals surface area contributed by atoms with E-state index < -0.39 is 36.2 Å². The quantitative estimate of drug-likeness (QED) is 0.214. The summed E-state index contributed by atoms with van der Waals surface area (Å²) in [5, 5.41) is 5.72. The minimum absolute atomic E-state index is 0.00860. The van der Waals surface area contributed by atoms with Gasteiger partial charge < -0.3 is 19.9 Å². The fourth-order valence-electron chi connectivity index (χ4n) is 4.40. The molecule has 0 bridgehead atoms. The van der Waals surface area contributed by atoms with Crippen molar-refractivity contribution in [3.8, 4) is 0 Å². The molecule has 3 aromatic carbocycles. The van der Waals surface area contributed by atoms with Gasteiger partial charge in [0.1, 0.15) is 18.1 Å². The van der Waals surface area contributed by atoms with Crippen molar-refractivity contribution in [2.75, 3.05) is 19.0 Å². The lowest BCUT2D eigenvalue weighted by Gasteiger charge is -2.12. The Morgan fingerprint density at radius 3 is 2.59 bits per heavy atom. The number of esters is 1. The number of halogens is 1. The first-order chi connectivity index (χ1) is 18.8. The number of rotatable bonds is 7. The number of carbonyl (C=O) groups excluding carboxylic acids is 4. The predicted molar refractivity (Wildman–Crippen MR) is 142 cm³/mol. The van der Waals surface area contributed by atoms with Crippen LogP contribution >= 0.6 is 0 Å². The van der Waals surface area contributed by atoms with Gasteiger partial charge in [0.15, 0.2) is 0 Å². The van der Waals surface area contributed by atoms with Gasteiger partial charge in [-0.1, -0.05) is 42.5 Å². The Morgan fingerprint density at radius 2 is 1.79 bits per heavy atom. The third kappa shape index (κ3) is 5.26. The fraction of sp³-hybridized carbons (Fsp3) is 0.103. The second-order valence-corrected chi connectivity index (χ2v) is 8.83. The van der Waals surface area contributed by atoms with E-state index in [0.29, 0.717) is 17.7 Å². The molecule has 10 heteroatoms. The molecule has 1 aromatic heterocycles. The summed E-state index contributed by atoms with van der Waals surface area (Å²) in [6.45, 7) is -0.133. The highest BCUT2D eigenvalue weighted by atomic mass is 19.1. The number of aromatic nitrogens is 1. The minimum Gasteiger partial charge on any atom is -0.465 e. The summed E-state index contributed by atoms with van der Waals surface area (Å²) in [7, 11) is 1.33. The number of benzene rings is 3. The number of carbonyl (C=O) groups is 4. The summed E-state index contributed by atoms with van der Waals surface area (Å²) < 4.78 is 20.6. The van der Waals surface area contributed by atoms with Crippen LogP contribution in [0.15, 0.2) is 84.7 Å². The zero-order chi connectivity index (χ0) is 27.5. The standard InChI is InChI=1S/C29H23FN4O5/c1-39-28(37)19-8-6-7-18(13-19)15-33-16-20(21-9-2-5-12-25(21)33)14-24-27(36)34(29(38)32-24)17-26(35)31-23-11-4-3-10-22(23)30/h2-14,16H,15,17H2,1H3,(H,31,35)(H,32,38)/b24-14-. The van der Waals surface area contributed by atoms with Gasteiger partial charge in [0.2, 0.25) is 5.91 Å². The molecule has 9 nitrogen and oxygen atoms in total. The summed E-state index contributed by atoms with van der Waals surface area (Å²) in [5.74, 6) is -2.44. The number of hydrogen-bond acceptors (Lipinski definition) is 5. The normalized spacial score (nSPS) is 14.1. The Hall–Kier alpha value is -5.25. The van der Waals surface area contributed by atoms with Crippen LogP contribution in [-0.2, 0) is 20.9 Å². The zero-order valence-corrected chi connectivity index (χ0v) is 20.8. The number of imide groups is 1. The summed E-state index contributed by atoms with van der Waals surface area (Å²) >= 11 is 0. The molecule has 1 fully saturated rings. The van der Waals surface area contributed by atoms with E-state index in [2.05, 4.69) is 10.6 Å². The summed E-state index contributed by atoms with van der Waals surface area (Å²) in [4.78, 5) is 50.6. The van der Waals surface area contributed by atoms with Crippen molar-refractivity contribution >= 4 is 46.5 Å². The number of para-hydroxylation sites is 2. The summed E-state index contributed by atoms with van der Waals surface area (Å²) in [6.07, 6.45) is 3.40. The van der Waals surface area contributed by atoms with Crippen molar-refractivity contribution in [1.82, 2.24) is 14.8 Å². The molecular formula is C29H23FN4O5. The van der Waals surface area contributed by atoms with Crippen LogP contribution < -0.4 is 10.6 Å². The number of nitrogens with zero attached hydrogens (tertiary/aromatic N) is 2. The van der Waals surface area contributed by atoms with Gasteiger partial charge in [-0.2, -0.15) is 0 Å². The van der Waals surface area contributed by atoms with Crippen LogP contribution in [0.2, 0.25) is 0 Å². The van der Waals surface area contributed by atoms with Crippen molar-refractivity contribution in [3.63, 3.8) is 0 Å². The van der Waals surface area contributed by atoms with Crippen LogP contribution in [-0.4, -0.2) is 46.9 Å². The van der Waals surface area contributed by atoms with Gasteiger partial charge >= 0.3 is 12.0 Å². The number of fused-ring (bicyclic) bond motifs is 1. The van der Waals surface area contributed by atoms with Gasteiger partial charge in [-0.05, 0) is 42.0 Å². The Kier molecular flexibility index (Phi) is 6.92. The Labute approximate surface area is 222 Å². The molecule has 196 valence electrons. The van der Waals surface area contributed by atoms with Crippen molar-refractivity contribution in [2.24, 2.45) is 0 Å². The molecule has 2 N–H and O–H groups in total. The van der Waals surface area contributed by atoms with Crippen molar-refractivity contribution in [3.05, 3.63) is 107 Å². The molecule has 0 atom stereocenters. The Bertz CT molecular complexity index is 1660. The number of amides is 4. The Morgan fingerprint density at radius 1 is 1.03 bits per heavy atom. The van der Waals surface area contributed by atoms with Gasteiger partial charge in [0.25, 0.3) is 5.91 Å². The van der Waals surface area contributed by atoms with Gasteiger partial charge in [-0.25, -0.2) is 18.9 Å². The number of nitrogens with one attached hydrogen (secondary N) is 2. The van der Waals surface area contributed by atoms with E-state index in [1.54, 1.807) is 30.3 Å². The number of urea groups is 1. The number of methoxy groups -OCH3 is 1. The average molecular weight is 527 g/mol. The molecule has 39 heavy (non-hydrogen) atoms. The minimum atomic E-state index is -0.752. The molecule has 4 aromatic rings. The van der Waals surface area contributed by atoms with Gasteiger partial charge in [0.05, 0.1) is 18.4 Å². The highest BCUT2D eigenvalue weighted by molar-refractivity contribution is 6.16. The molecule has 0 spiro atoms. The highest BCUT2D eigenvalue weighted by Gasteiger charge is 2.35. The molecule has 1 aliphatic rings. The van der Waals surface area contributed by atoms with Gasteiger partial charge in [-0.3, -0.25) is 9.59 Å². The molecule has 0 unspecified atom stereocenters. The monoisotopic (exact) mass is 526 g/mol. The second kappa shape index (κ2) is 10.6. The molecule has 0 saturated carbocycles. The van der Waals surface area contributed by atoms with E-state index in [-0.39, 0.29) is 11.4 Å². The van der Waals surface area contributed by atoms with E-state index in [1.165, 1.54) is 25.3 Å². The molecular weight excluding hydrogens is 503 g/mol. The average Bonchev–Trinajstić information content (AvgIpc) is 3.41. The van der Waals surface area contributed by atoms with E-state index >= 15 is 0 Å². The predicted octanol–water partition coefficient (Wildman–Crippen LogP) is 4.15. The molecule has 2 heterocycles. The third-order valence-electron chi connectivity index (χ3n) is 6.23. The van der Waals surface area contributed by atoms with Crippen LogP contribution in [0.25, 0.3) is 17.0 Å². The van der Waals surface area contributed by atoms with Crippen LogP contribution in [0.1, 0.15) is 21.5 Å². The number of anilines is 1. The SMILES string of the molecule is COC(=O)c1cccc(Cn2cc(/C=C3\NC(=O)N(CC(=O)Nc4ccccc4F)C3=O)c3ccccc32)c1. The molecule has 1 saturated heterocycles. The second-order valence-electron chi connectivity index (χ2n) is 8.83. The Balaban J connectivity index is 1.38. The number of hydrogen-bond donors (Lipinski definition) is 2. The van der Waals surface area contributed by atoms with Gasteiger partial charge in [0, 0.05) is 29.2 Å². The van der Waals surface area contributed by atoms with Crippen molar-refractivity contribution in [1.29, 1.82) is 0 Å². The first-order valence-electron chi connectivity index (χ1n) is 12.0. The lowest BCUT2D eigenvalue weighted by Crippen LogP contribution is -2.38. The third-order valence-corrected chi connectivity index (χ3v) is 6.23. The molecule has 5 rings (SSSR count). The topological polar surface area (TPSA) is 110 Å². The summed E-state index contributed by atoms with van der Waals surface area (Å²) in [5.41, 5.74) is 2.83. The zero-order valence-electron chi connectivity index (χ0n) is 20.8. The van der Waals surface area contributed by atoms with E-state index in [9.17, 15) is 23.6 Å². The van der Waals surface area contributed by atoms with Gasteiger partial charge in [-0.15, -0.1) is 0 Å². The summed E-state index contributed by atoms with van der Waals surface area (Å²) in [6, 6.07) is 19.5. The molecule has 0 radical (unpaired) electrons. The first kappa shape index (κ1) is 25.4. The lowest BCUT2D eigenvalue weighted by molar-refractivity contribution is -0.127. The molecule has 1 aliphatic heterocycles. The van der Waals surface area contributed by atoms with Crippen LogP contribution in [0.5, 0.6) is 0 Å². The smallest absolute Gasteiger partial charge is 0.337 e.